The molecule has 19 heavy (non-hydrogen) atoms. The van der Waals surface area contributed by atoms with Crippen LogP contribution in [0.1, 0.15) is 40.0 Å². The molecule has 0 aromatic rings. The van der Waals surface area contributed by atoms with Gasteiger partial charge < -0.3 is 0 Å². The Morgan fingerprint density at radius 1 is 0.526 bits per heavy atom. The third-order valence-corrected chi connectivity index (χ3v) is 3.92. The maximum atomic E-state index is 2.67. The molecule has 0 aromatic heterocycles. The second kappa shape index (κ2) is 8.90. The molecular formula is C15H36N4. The van der Waals surface area contributed by atoms with Crippen LogP contribution in [-0.2, 0) is 0 Å². The standard InChI is InChI=1S/C15H36N4/c1-10-13(16(4)5)19(14(11-2)17(6)7)15(12-3)18(8)9/h13-15H,10-12H2,1-9H3. The van der Waals surface area contributed by atoms with Crippen molar-refractivity contribution in [2.24, 2.45) is 0 Å². The molecule has 0 saturated carbocycles. The van der Waals surface area contributed by atoms with Gasteiger partial charge in [0, 0.05) is 0 Å². The molecule has 0 rings (SSSR count). The summed E-state index contributed by atoms with van der Waals surface area (Å²) in [6.07, 6.45) is 4.84. The van der Waals surface area contributed by atoms with E-state index in [0.717, 1.165) is 19.3 Å². The lowest BCUT2D eigenvalue weighted by molar-refractivity contribution is -0.0898. The van der Waals surface area contributed by atoms with Crippen molar-refractivity contribution in [1.82, 2.24) is 19.6 Å². The Labute approximate surface area is 121 Å². The van der Waals surface area contributed by atoms with Crippen LogP contribution < -0.4 is 0 Å². The Kier molecular flexibility index (Phi) is 8.83. The predicted molar refractivity (Wildman–Crippen MR) is 85.1 cm³/mol. The highest BCUT2D eigenvalue weighted by molar-refractivity contribution is 4.80. The van der Waals surface area contributed by atoms with Gasteiger partial charge in [-0.1, -0.05) is 20.8 Å². The minimum atomic E-state index is 0.472. The number of hydrogen-bond donors (Lipinski definition) is 0. The number of nitrogens with zero attached hydrogens (tertiary/aromatic N) is 4. The fourth-order valence-corrected chi connectivity index (χ4v) is 3.12. The van der Waals surface area contributed by atoms with Crippen LogP contribution in [0.15, 0.2) is 0 Å². The molecule has 0 aliphatic rings. The van der Waals surface area contributed by atoms with E-state index in [1.807, 2.05) is 0 Å². The number of rotatable bonds is 9. The molecule has 0 radical (unpaired) electrons. The zero-order valence-corrected chi connectivity index (χ0v) is 14.6. The molecule has 4 nitrogen and oxygen atoms in total. The summed E-state index contributed by atoms with van der Waals surface area (Å²) in [6, 6.07) is 0. The topological polar surface area (TPSA) is 13.0 Å². The van der Waals surface area contributed by atoms with Crippen molar-refractivity contribution in [3.05, 3.63) is 0 Å². The zero-order chi connectivity index (χ0) is 15.2. The summed E-state index contributed by atoms with van der Waals surface area (Å²) < 4.78 is 0. The van der Waals surface area contributed by atoms with Gasteiger partial charge in [0.25, 0.3) is 0 Å². The first-order valence-corrected chi connectivity index (χ1v) is 7.58. The van der Waals surface area contributed by atoms with E-state index in [1.165, 1.54) is 0 Å². The van der Waals surface area contributed by atoms with E-state index < -0.39 is 0 Å². The SMILES string of the molecule is CCC(N(C)C)N(C(CC)N(C)C)C(CC)N(C)C. The normalized spacial score (nSPS) is 17.5. The number of hydrogen-bond acceptors (Lipinski definition) is 4. The first kappa shape index (κ1) is 18.8. The van der Waals surface area contributed by atoms with Crippen LogP contribution in [-0.4, -0.2) is 80.4 Å². The molecule has 0 bridgehead atoms. The summed E-state index contributed by atoms with van der Waals surface area (Å²) in [7, 11) is 13.1. The molecule has 3 atom stereocenters. The van der Waals surface area contributed by atoms with Crippen LogP contribution in [0.3, 0.4) is 0 Å². The van der Waals surface area contributed by atoms with E-state index in [-0.39, 0.29) is 0 Å². The van der Waals surface area contributed by atoms with Crippen LogP contribution in [0.5, 0.6) is 0 Å². The molecule has 0 N–H and O–H groups in total. The first-order chi connectivity index (χ1) is 8.81. The summed E-state index contributed by atoms with van der Waals surface area (Å²) in [5.74, 6) is 0. The minimum absolute atomic E-state index is 0.472. The fraction of sp³-hybridized carbons (Fsp3) is 1.00. The second-order valence-corrected chi connectivity index (χ2v) is 6.00. The van der Waals surface area contributed by atoms with E-state index in [4.69, 9.17) is 0 Å². The molecule has 3 unspecified atom stereocenters. The molecule has 0 aliphatic carbocycles. The van der Waals surface area contributed by atoms with Crippen molar-refractivity contribution >= 4 is 0 Å². The molecule has 0 amide bonds. The molecule has 0 spiro atoms. The van der Waals surface area contributed by atoms with Crippen LogP contribution in [0, 0.1) is 0 Å². The Morgan fingerprint density at radius 3 is 0.842 bits per heavy atom. The summed E-state index contributed by atoms with van der Waals surface area (Å²) in [5.41, 5.74) is 0. The first-order valence-electron chi connectivity index (χ1n) is 7.58. The average Bonchev–Trinajstić information content (AvgIpc) is 2.29. The molecule has 0 heterocycles. The van der Waals surface area contributed by atoms with Gasteiger partial charge >= 0.3 is 0 Å². The Bertz CT molecular complexity index is 190. The van der Waals surface area contributed by atoms with E-state index in [2.05, 4.69) is 82.7 Å². The summed E-state index contributed by atoms with van der Waals surface area (Å²) in [5, 5.41) is 0. The van der Waals surface area contributed by atoms with Crippen LogP contribution in [0.2, 0.25) is 0 Å². The summed E-state index contributed by atoms with van der Waals surface area (Å²) in [4.78, 5) is 9.70. The van der Waals surface area contributed by atoms with Gasteiger partial charge in [0.2, 0.25) is 0 Å². The van der Waals surface area contributed by atoms with Gasteiger partial charge in [-0.2, -0.15) is 0 Å². The molecular weight excluding hydrogens is 236 g/mol. The van der Waals surface area contributed by atoms with E-state index in [0.29, 0.717) is 18.5 Å². The van der Waals surface area contributed by atoms with Crippen molar-refractivity contribution in [3.63, 3.8) is 0 Å². The molecule has 116 valence electrons. The summed E-state index contributed by atoms with van der Waals surface area (Å²) >= 11 is 0. The molecule has 4 heteroatoms. The van der Waals surface area contributed by atoms with Crippen molar-refractivity contribution in [1.29, 1.82) is 0 Å². The molecule has 0 aliphatic heterocycles. The molecule has 0 aromatic carbocycles. The van der Waals surface area contributed by atoms with Gasteiger partial charge in [0.15, 0.2) is 0 Å². The third kappa shape index (κ3) is 5.03. The third-order valence-electron chi connectivity index (χ3n) is 3.92. The molecule has 0 fully saturated rings. The van der Waals surface area contributed by atoms with E-state index >= 15 is 0 Å². The zero-order valence-electron chi connectivity index (χ0n) is 14.6. The maximum Gasteiger partial charge on any atom is 0.0643 e. The lowest BCUT2D eigenvalue weighted by Gasteiger charge is -2.49. The van der Waals surface area contributed by atoms with Crippen LogP contribution >= 0.6 is 0 Å². The lowest BCUT2D eigenvalue weighted by atomic mass is 10.1. The lowest BCUT2D eigenvalue weighted by Crippen LogP contribution is -2.61. The van der Waals surface area contributed by atoms with Gasteiger partial charge in [-0.05, 0) is 61.5 Å². The Morgan fingerprint density at radius 2 is 0.737 bits per heavy atom. The Hall–Kier alpha value is -0.160. The van der Waals surface area contributed by atoms with E-state index in [1.54, 1.807) is 0 Å². The van der Waals surface area contributed by atoms with Crippen molar-refractivity contribution in [2.45, 2.75) is 58.5 Å². The predicted octanol–water partition coefficient (Wildman–Crippen LogP) is 2.18. The highest BCUT2D eigenvalue weighted by Gasteiger charge is 2.33. The smallest absolute Gasteiger partial charge is 0.0643 e. The van der Waals surface area contributed by atoms with Crippen molar-refractivity contribution in [2.75, 3.05) is 42.3 Å². The fourth-order valence-electron chi connectivity index (χ4n) is 3.12. The van der Waals surface area contributed by atoms with Gasteiger partial charge in [-0.15, -0.1) is 0 Å². The quantitative estimate of drug-likeness (QED) is 0.596. The minimum Gasteiger partial charge on any atom is -0.294 e. The van der Waals surface area contributed by atoms with E-state index in [9.17, 15) is 0 Å². The average molecular weight is 272 g/mol. The monoisotopic (exact) mass is 272 g/mol. The van der Waals surface area contributed by atoms with Crippen LogP contribution in [0.25, 0.3) is 0 Å². The van der Waals surface area contributed by atoms with Gasteiger partial charge in [-0.3, -0.25) is 19.6 Å². The summed E-state index contributed by atoms with van der Waals surface area (Å²) in [6.45, 7) is 6.84. The largest absolute Gasteiger partial charge is 0.294 e. The molecule has 0 saturated heterocycles. The second-order valence-electron chi connectivity index (χ2n) is 6.00. The van der Waals surface area contributed by atoms with Gasteiger partial charge in [0.1, 0.15) is 0 Å². The van der Waals surface area contributed by atoms with Crippen molar-refractivity contribution in [3.8, 4) is 0 Å². The van der Waals surface area contributed by atoms with Gasteiger partial charge in [-0.25, -0.2) is 0 Å². The Balaban J connectivity index is 5.43. The maximum absolute atomic E-state index is 2.67. The highest BCUT2D eigenvalue weighted by Crippen LogP contribution is 2.22. The van der Waals surface area contributed by atoms with Crippen LogP contribution in [0.4, 0.5) is 0 Å². The van der Waals surface area contributed by atoms with Crippen molar-refractivity contribution < 1.29 is 0 Å². The highest BCUT2D eigenvalue weighted by atomic mass is 15.5. The van der Waals surface area contributed by atoms with Gasteiger partial charge in [0.05, 0.1) is 18.5 Å².